The molecule has 0 aliphatic heterocycles. The van der Waals surface area contributed by atoms with Crippen molar-refractivity contribution in [3.63, 3.8) is 0 Å². The van der Waals surface area contributed by atoms with Crippen molar-refractivity contribution in [2.45, 2.75) is 104 Å². The standard InChI is InChI=1S/C25H40O4/c1-6-8-10-15-19-22(28-23(26)20-16-13-11-14-17-20)21(18-12-9-7-2)24(27)29-25(3,4)5/h11,13-14,16-17,21-22H,6-10,12,15,18-19H2,1-5H3. The second-order valence-electron chi connectivity index (χ2n) is 8.79. The molecule has 2 unspecified atom stereocenters. The Bertz CT molecular complexity index is 589. The van der Waals surface area contributed by atoms with Crippen LogP contribution in [-0.4, -0.2) is 23.6 Å². The molecule has 0 fully saturated rings. The van der Waals surface area contributed by atoms with E-state index in [1.165, 1.54) is 0 Å². The maximum Gasteiger partial charge on any atom is 0.338 e. The number of carbonyl (C=O) groups is 2. The third-order valence-corrected chi connectivity index (χ3v) is 4.89. The fraction of sp³-hybridized carbons (Fsp3) is 0.680. The van der Waals surface area contributed by atoms with Gasteiger partial charge in [-0.25, -0.2) is 4.79 Å². The van der Waals surface area contributed by atoms with Gasteiger partial charge in [0, 0.05) is 0 Å². The molecule has 0 bridgehead atoms. The summed E-state index contributed by atoms with van der Waals surface area (Å²) in [6, 6.07) is 9.00. The zero-order chi connectivity index (χ0) is 21.7. The normalized spacial score (nSPS) is 13.6. The molecular formula is C25H40O4. The van der Waals surface area contributed by atoms with Crippen LogP contribution in [0.15, 0.2) is 30.3 Å². The van der Waals surface area contributed by atoms with Crippen LogP contribution in [0, 0.1) is 5.92 Å². The van der Waals surface area contributed by atoms with Gasteiger partial charge in [-0.2, -0.15) is 0 Å². The fourth-order valence-electron chi connectivity index (χ4n) is 3.34. The molecule has 1 aromatic rings. The van der Waals surface area contributed by atoms with Crippen molar-refractivity contribution in [3.05, 3.63) is 35.9 Å². The van der Waals surface area contributed by atoms with Crippen molar-refractivity contribution < 1.29 is 19.1 Å². The van der Waals surface area contributed by atoms with Gasteiger partial charge in [0.05, 0.1) is 11.5 Å². The largest absolute Gasteiger partial charge is 0.460 e. The van der Waals surface area contributed by atoms with Crippen LogP contribution in [0.4, 0.5) is 0 Å². The number of esters is 2. The summed E-state index contributed by atoms with van der Waals surface area (Å²) in [6.45, 7) is 9.93. The highest BCUT2D eigenvalue weighted by atomic mass is 16.6. The summed E-state index contributed by atoms with van der Waals surface area (Å²) in [5.74, 6) is -1.04. The molecule has 0 saturated heterocycles. The van der Waals surface area contributed by atoms with Gasteiger partial charge in [0.15, 0.2) is 0 Å². The molecule has 0 aliphatic rings. The third kappa shape index (κ3) is 10.5. The molecule has 1 aromatic carbocycles. The van der Waals surface area contributed by atoms with Crippen LogP contribution in [0.5, 0.6) is 0 Å². The highest BCUT2D eigenvalue weighted by Gasteiger charge is 2.34. The molecule has 2 atom stereocenters. The van der Waals surface area contributed by atoms with E-state index in [9.17, 15) is 9.59 Å². The van der Waals surface area contributed by atoms with Gasteiger partial charge in [-0.15, -0.1) is 0 Å². The molecule has 164 valence electrons. The van der Waals surface area contributed by atoms with Gasteiger partial charge >= 0.3 is 11.9 Å². The molecule has 4 heteroatoms. The van der Waals surface area contributed by atoms with Crippen molar-refractivity contribution in [1.29, 1.82) is 0 Å². The Morgan fingerprint density at radius 2 is 1.45 bits per heavy atom. The van der Waals surface area contributed by atoms with E-state index in [0.717, 1.165) is 44.9 Å². The van der Waals surface area contributed by atoms with Crippen LogP contribution >= 0.6 is 0 Å². The lowest BCUT2D eigenvalue weighted by atomic mass is 9.91. The molecule has 29 heavy (non-hydrogen) atoms. The number of unbranched alkanes of at least 4 members (excludes halogenated alkanes) is 5. The van der Waals surface area contributed by atoms with E-state index in [0.29, 0.717) is 18.4 Å². The van der Waals surface area contributed by atoms with Crippen LogP contribution in [0.25, 0.3) is 0 Å². The Morgan fingerprint density at radius 3 is 2.03 bits per heavy atom. The van der Waals surface area contributed by atoms with Gasteiger partial charge in [-0.1, -0.05) is 70.6 Å². The lowest BCUT2D eigenvalue weighted by Gasteiger charge is -2.29. The summed E-state index contributed by atoms with van der Waals surface area (Å²) in [6.07, 6.45) is 8.27. The predicted molar refractivity (Wildman–Crippen MR) is 118 cm³/mol. The molecule has 0 aromatic heterocycles. The first-order valence-electron chi connectivity index (χ1n) is 11.3. The zero-order valence-electron chi connectivity index (χ0n) is 19.0. The number of hydrogen-bond donors (Lipinski definition) is 0. The molecule has 0 radical (unpaired) electrons. The van der Waals surface area contributed by atoms with E-state index in [1.54, 1.807) is 12.1 Å². The molecule has 0 saturated carbocycles. The number of carbonyl (C=O) groups excluding carboxylic acids is 2. The molecular weight excluding hydrogens is 364 g/mol. The lowest BCUT2D eigenvalue weighted by Crippen LogP contribution is -2.37. The van der Waals surface area contributed by atoms with Crippen molar-refractivity contribution in [2.24, 2.45) is 5.92 Å². The van der Waals surface area contributed by atoms with Crippen LogP contribution in [0.3, 0.4) is 0 Å². The minimum atomic E-state index is -0.559. The Morgan fingerprint density at radius 1 is 0.862 bits per heavy atom. The summed E-state index contributed by atoms with van der Waals surface area (Å²) >= 11 is 0. The van der Waals surface area contributed by atoms with Crippen molar-refractivity contribution in [2.75, 3.05) is 0 Å². The predicted octanol–water partition coefficient (Wildman–Crippen LogP) is 6.72. The maximum atomic E-state index is 13.0. The summed E-state index contributed by atoms with van der Waals surface area (Å²) < 4.78 is 11.6. The number of rotatable bonds is 13. The summed E-state index contributed by atoms with van der Waals surface area (Å²) in [7, 11) is 0. The minimum absolute atomic E-state index is 0.255. The van der Waals surface area contributed by atoms with E-state index in [4.69, 9.17) is 9.47 Å². The minimum Gasteiger partial charge on any atom is -0.460 e. The van der Waals surface area contributed by atoms with Gasteiger partial charge in [0.25, 0.3) is 0 Å². The van der Waals surface area contributed by atoms with E-state index in [2.05, 4.69) is 13.8 Å². The maximum absolute atomic E-state index is 13.0. The zero-order valence-corrected chi connectivity index (χ0v) is 19.0. The lowest BCUT2D eigenvalue weighted by molar-refractivity contribution is -0.164. The van der Waals surface area contributed by atoms with E-state index in [1.807, 2.05) is 39.0 Å². The van der Waals surface area contributed by atoms with Crippen molar-refractivity contribution in [1.82, 2.24) is 0 Å². The fourth-order valence-corrected chi connectivity index (χ4v) is 3.34. The smallest absolute Gasteiger partial charge is 0.338 e. The van der Waals surface area contributed by atoms with E-state index in [-0.39, 0.29) is 11.9 Å². The van der Waals surface area contributed by atoms with Crippen LogP contribution in [0.2, 0.25) is 0 Å². The monoisotopic (exact) mass is 404 g/mol. The highest BCUT2D eigenvalue weighted by molar-refractivity contribution is 5.89. The van der Waals surface area contributed by atoms with Gasteiger partial charge in [-0.05, 0) is 52.2 Å². The third-order valence-electron chi connectivity index (χ3n) is 4.89. The average Bonchev–Trinajstić information content (AvgIpc) is 2.67. The Labute approximate surface area is 177 Å². The Kier molecular flexibility index (Phi) is 11.6. The quantitative estimate of drug-likeness (QED) is 0.270. The summed E-state index contributed by atoms with van der Waals surface area (Å²) in [5, 5.41) is 0. The first-order valence-corrected chi connectivity index (χ1v) is 11.3. The molecule has 0 heterocycles. The second-order valence-corrected chi connectivity index (χ2v) is 8.79. The Balaban J connectivity index is 2.98. The van der Waals surface area contributed by atoms with Crippen LogP contribution < -0.4 is 0 Å². The van der Waals surface area contributed by atoms with Crippen LogP contribution in [0.1, 0.15) is 103 Å². The van der Waals surface area contributed by atoms with Gasteiger partial charge < -0.3 is 9.47 Å². The highest BCUT2D eigenvalue weighted by Crippen LogP contribution is 2.26. The second kappa shape index (κ2) is 13.4. The average molecular weight is 405 g/mol. The van der Waals surface area contributed by atoms with Crippen molar-refractivity contribution >= 4 is 11.9 Å². The molecule has 1 rings (SSSR count). The first kappa shape index (κ1) is 25.2. The van der Waals surface area contributed by atoms with Crippen molar-refractivity contribution in [3.8, 4) is 0 Å². The van der Waals surface area contributed by atoms with E-state index < -0.39 is 17.6 Å². The summed E-state index contributed by atoms with van der Waals surface area (Å²) in [4.78, 5) is 25.7. The first-order chi connectivity index (χ1) is 13.8. The van der Waals surface area contributed by atoms with E-state index >= 15 is 0 Å². The van der Waals surface area contributed by atoms with Gasteiger partial charge in [0.1, 0.15) is 11.7 Å². The van der Waals surface area contributed by atoms with Crippen LogP contribution in [-0.2, 0) is 14.3 Å². The number of ether oxygens (including phenoxy) is 2. The molecule has 4 nitrogen and oxygen atoms in total. The summed E-state index contributed by atoms with van der Waals surface area (Å²) in [5.41, 5.74) is -0.0430. The van der Waals surface area contributed by atoms with Gasteiger partial charge in [0.2, 0.25) is 0 Å². The Hall–Kier alpha value is -1.84. The number of hydrogen-bond acceptors (Lipinski definition) is 4. The SMILES string of the molecule is CCCCCCC(OC(=O)c1ccccc1)C(CCCCC)C(=O)OC(C)(C)C. The molecule has 0 aliphatic carbocycles. The molecule has 0 N–H and O–H groups in total. The van der Waals surface area contributed by atoms with Gasteiger partial charge in [-0.3, -0.25) is 4.79 Å². The molecule has 0 spiro atoms. The number of benzene rings is 1. The molecule has 0 amide bonds. The topological polar surface area (TPSA) is 52.6 Å².